The summed E-state index contributed by atoms with van der Waals surface area (Å²) in [4.78, 5) is 18.3. The molecule has 3 aromatic rings. The van der Waals surface area contributed by atoms with E-state index in [2.05, 4.69) is 66.1 Å². The van der Waals surface area contributed by atoms with E-state index in [0.717, 1.165) is 107 Å². The van der Waals surface area contributed by atoms with Gasteiger partial charge in [0, 0.05) is 19.6 Å². The summed E-state index contributed by atoms with van der Waals surface area (Å²) in [5.41, 5.74) is 6.75. The molecule has 0 N–H and O–H groups in total. The summed E-state index contributed by atoms with van der Waals surface area (Å²) in [7, 11) is 0. The molecule has 6 rings (SSSR count). The van der Waals surface area contributed by atoms with E-state index in [4.69, 9.17) is 9.47 Å². The second kappa shape index (κ2) is 15.6. The van der Waals surface area contributed by atoms with Gasteiger partial charge in [-0.15, -0.1) is 0 Å². The molecule has 0 aliphatic carbocycles. The average molecular weight is 639 g/mol. The number of ether oxygens (including phenoxy) is 2. The van der Waals surface area contributed by atoms with Crippen LogP contribution in [0.2, 0.25) is 0 Å². The molecule has 6 heteroatoms. The Labute approximate surface area is 280 Å². The molecule has 3 aliphatic rings. The highest BCUT2D eigenvalue weighted by Crippen LogP contribution is 2.49. The van der Waals surface area contributed by atoms with Crippen molar-refractivity contribution in [2.45, 2.75) is 96.6 Å². The van der Waals surface area contributed by atoms with Gasteiger partial charge in [-0.1, -0.05) is 68.1 Å². The zero-order chi connectivity index (χ0) is 32.6. The SMILES string of the molecule is CC1(C)Oc2cc(CCCCCCc3ccc(F)cc3)cc(OC(=O)CN3CCCCCC3)c2C2=C1CCN(Cc1ccccc1)C2. The number of hydrogen-bond acceptors (Lipinski definition) is 5. The van der Waals surface area contributed by atoms with E-state index >= 15 is 0 Å². The zero-order valence-corrected chi connectivity index (χ0v) is 28.4. The Morgan fingerprint density at radius 2 is 1.51 bits per heavy atom. The maximum absolute atomic E-state index is 13.5. The molecule has 3 aromatic carbocycles. The Kier molecular flexibility index (Phi) is 11.1. The van der Waals surface area contributed by atoms with Gasteiger partial charge >= 0.3 is 5.97 Å². The van der Waals surface area contributed by atoms with Crippen LogP contribution in [0, 0.1) is 5.82 Å². The molecule has 250 valence electrons. The van der Waals surface area contributed by atoms with Gasteiger partial charge in [0.05, 0.1) is 12.1 Å². The molecule has 3 aliphatic heterocycles. The Bertz CT molecular complexity index is 1520. The highest BCUT2D eigenvalue weighted by atomic mass is 19.1. The molecule has 0 bridgehead atoms. The number of carbonyl (C=O) groups excluding carboxylic acids is 1. The lowest BCUT2D eigenvalue weighted by Crippen LogP contribution is -2.42. The van der Waals surface area contributed by atoms with Crippen LogP contribution in [0.5, 0.6) is 11.5 Å². The van der Waals surface area contributed by atoms with Crippen LogP contribution >= 0.6 is 0 Å². The van der Waals surface area contributed by atoms with Crippen LogP contribution in [0.25, 0.3) is 5.57 Å². The minimum atomic E-state index is -0.423. The van der Waals surface area contributed by atoms with Crippen LogP contribution in [-0.2, 0) is 24.2 Å². The summed E-state index contributed by atoms with van der Waals surface area (Å²) < 4.78 is 26.3. The number of hydrogen-bond donors (Lipinski definition) is 0. The van der Waals surface area contributed by atoms with Gasteiger partial charge in [-0.25, -0.2) is 4.39 Å². The number of esters is 1. The van der Waals surface area contributed by atoms with Gasteiger partial charge in [-0.3, -0.25) is 14.6 Å². The smallest absolute Gasteiger partial charge is 0.325 e. The summed E-state index contributed by atoms with van der Waals surface area (Å²) in [6.07, 6.45) is 11.9. The number of nitrogens with zero attached hydrogens (tertiary/aromatic N) is 2. The summed E-state index contributed by atoms with van der Waals surface area (Å²) in [5, 5.41) is 0. The highest BCUT2D eigenvalue weighted by molar-refractivity contribution is 5.85. The number of halogens is 1. The van der Waals surface area contributed by atoms with Gasteiger partial charge in [0.2, 0.25) is 0 Å². The fraction of sp³-hybridized carbons (Fsp3) is 0.488. The van der Waals surface area contributed by atoms with Crippen molar-refractivity contribution in [3.05, 3.63) is 100 Å². The lowest BCUT2D eigenvalue weighted by Gasteiger charge is -2.42. The molecular weight excluding hydrogens is 587 g/mol. The van der Waals surface area contributed by atoms with Crippen molar-refractivity contribution in [1.82, 2.24) is 9.80 Å². The fourth-order valence-electron chi connectivity index (χ4n) is 7.57. The molecule has 0 aromatic heterocycles. The minimum Gasteiger partial charge on any atom is -0.483 e. The van der Waals surface area contributed by atoms with E-state index in [9.17, 15) is 9.18 Å². The molecule has 0 amide bonds. The van der Waals surface area contributed by atoms with Crippen LogP contribution in [0.4, 0.5) is 4.39 Å². The van der Waals surface area contributed by atoms with E-state index in [1.807, 2.05) is 12.1 Å². The van der Waals surface area contributed by atoms with E-state index in [-0.39, 0.29) is 11.8 Å². The molecule has 0 unspecified atom stereocenters. The number of benzene rings is 3. The van der Waals surface area contributed by atoms with E-state index < -0.39 is 5.60 Å². The van der Waals surface area contributed by atoms with Crippen molar-refractivity contribution >= 4 is 11.5 Å². The van der Waals surface area contributed by atoms with Gasteiger partial charge < -0.3 is 9.47 Å². The standard InChI is InChI=1S/C41H51FN2O3/c1-41(2)36-22-25-44(28-32-15-10-7-11-16-32)29-35(36)40-37(46-39(45)30-43-23-12-5-6-13-24-43)26-33(27-38(40)47-41)17-9-4-3-8-14-31-18-20-34(42)21-19-31/h7,10-11,15-16,18-21,26-27H,3-6,8-9,12-14,17,22-25,28-30H2,1-2H3. The molecule has 0 saturated carbocycles. The first-order valence-corrected chi connectivity index (χ1v) is 17.9. The third-order valence-electron chi connectivity index (χ3n) is 10.1. The molecule has 1 fully saturated rings. The maximum atomic E-state index is 13.5. The lowest BCUT2D eigenvalue weighted by molar-refractivity contribution is -0.135. The van der Waals surface area contributed by atoms with Gasteiger partial charge in [0.25, 0.3) is 0 Å². The number of fused-ring (bicyclic) bond motifs is 2. The van der Waals surface area contributed by atoms with E-state index in [1.54, 1.807) is 12.1 Å². The van der Waals surface area contributed by atoms with Crippen molar-refractivity contribution in [3.8, 4) is 11.5 Å². The van der Waals surface area contributed by atoms with Crippen molar-refractivity contribution in [2.75, 3.05) is 32.7 Å². The van der Waals surface area contributed by atoms with Gasteiger partial charge in [-0.2, -0.15) is 0 Å². The molecule has 0 atom stereocenters. The zero-order valence-electron chi connectivity index (χ0n) is 28.4. The second-order valence-electron chi connectivity index (χ2n) is 14.2. The summed E-state index contributed by atoms with van der Waals surface area (Å²) in [6.45, 7) is 9.25. The third-order valence-corrected chi connectivity index (χ3v) is 10.1. The topological polar surface area (TPSA) is 42.0 Å². The van der Waals surface area contributed by atoms with E-state index in [0.29, 0.717) is 12.3 Å². The Morgan fingerprint density at radius 1 is 0.809 bits per heavy atom. The first kappa shape index (κ1) is 33.4. The largest absolute Gasteiger partial charge is 0.483 e. The fourth-order valence-corrected chi connectivity index (χ4v) is 7.57. The molecule has 47 heavy (non-hydrogen) atoms. The number of aryl methyl sites for hydroxylation is 2. The molecule has 0 spiro atoms. The van der Waals surface area contributed by atoms with Crippen LogP contribution in [-0.4, -0.2) is 54.1 Å². The summed E-state index contributed by atoms with van der Waals surface area (Å²) in [6, 6.07) is 21.8. The van der Waals surface area contributed by atoms with E-state index in [1.165, 1.54) is 35.1 Å². The second-order valence-corrected chi connectivity index (χ2v) is 14.2. The first-order valence-electron chi connectivity index (χ1n) is 17.9. The normalized spacial score (nSPS) is 18.2. The summed E-state index contributed by atoms with van der Waals surface area (Å²) in [5.74, 6) is 1.12. The quantitative estimate of drug-likeness (QED) is 0.113. The lowest BCUT2D eigenvalue weighted by atomic mass is 9.81. The van der Waals surface area contributed by atoms with Gasteiger partial charge in [-0.05, 0) is 124 Å². The van der Waals surface area contributed by atoms with Crippen LogP contribution in [0.15, 0.2) is 72.3 Å². The van der Waals surface area contributed by atoms with Crippen LogP contribution < -0.4 is 9.47 Å². The van der Waals surface area contributed by atoms with Gasteiger partial charge in [0.15, 0.2) is 0 Å². The minimum absolute atomic E-state index is 0.182. The number of likely N-dealkylation sites (tertiary alicyclic amines) is 1. The number of rotatable bonds is 12. The predicted octanol–water partition coefficient (Wildman–Crippen LogP) is 8.78. The van der Waals surface area contributed by atoms with Crippen molar-refractivity contribution in [3.63, 3.8) is 0 Å². The van der Waals surface area contributed by atoms with Crippen LogP contribution in [0.1, 0.15) is 93.9 Å². The number of unbranched alkanes of at least 4 members (excludes halogenated alkanes) is 3. The maximum Gasteiger partial charge on any atom is 0.325 e. The number of carbonyl (C=O) groups is 1. The van der Waals surface area contributed by atoms with Crippen molar-refractivity contribution < 1.29 is 18.7 Å². The highest BCUT2D eigenvalue weighted by Gasteiger charge is 2.39. The molecular formula is C41H51FN2O3. The predicted molar refractivity (Wildman–Crippen MR) is 187 cm³/mol. The Hall–Kier alpha value is -3.48. The van der Waals surface area contributed by atoms with Crippen LogP contribution in [0.3, 0.4) is 0 Å². The molecule has 3 heterocycles. The molecule has 5 nitrogen and oxygen atoms in total. The Balaban J connectivity index is 1.20. The molecule has 1 saturated heterocycles. The summed E-state index contributed by atoms with van der Waals surface area (Å²) >= 11 is 0. The monoisotopic (exact) mass is 638 g/mol. The van der Waals surface area contributed by atoms with Crippen molar-refractivity contribution in [1.29, 1.82) is 0 Å². The molecule has 0 radical (unpaired) electrons. The average Bonchev–Trinajstić information content (AvgIpc) is 3.32. The first-order chi connectivity index (χ1) is 22.8. The Morgan fingerprint density at radius 3 is 2.23 bits per heavy atom. The van der Waals surface area contributed by atoms with Gasteiger partial charge in [0.1, 0.15) is 22.9 Å². The third kappa shape index (κ3) is 8.91. The van der Waals surface area contributed by atoms with Crippen molar-refractivity contribution in [2.24, 2.45) is 0 Å².